The maximum atomic E-state index is 14.2. The Bertz CT molecular complexity index is 845. The van der Waals surface area contributed by atoms with Gasteiger partial charge in [0, 0.05) is 0 Å². The summed E-state index contributed by atoms with van der Waals surface area (Å²) in [6.07, 6.45) is -2.26. The van der Waals surface area contributed by atoms with Crippen LogP contribution in [0.5, 0.6) is 5.75 Å². The largest absolute Gasteiger partial charge is 0.488 e. The second kappa shape index (κ2) is 8.59. The van der Waals surface area contributed by atoms with Crippen LogP contribution in [0.4, 0.5) is 8.78 Å². The summed E-state index contributed by atoms with van der Waals surface area (Å²) >= 11 is 0. The molecule has 0 heterocycles. The predicted octanol–water partition coefficient (Wildman–Crippen LogP) is 5.12. The highest BCUT2D eigenvalue weighted by Crippen LogP contribution is 2.36. The lowest BCUT2D eigenvalue weighted by molar-refractivity contribution is -0.183. The van der Waals surface area contributed by atoms with Gasteiger partial charge in [-0.2, -0.15) is 8.78 Å². The van der Waals surface area contributed by atoms with Crippen LogP contribution in [0, 0.1) is 5.92 Å². The summed E-state index contributed by atoms with van der Waals surface area (Å²) in [6.45, 7) is 7.88. The Balaban J connectivity index is 2.23. The lowest BCUT2D eigenvalue weighted by Gasteiger charge is -2.30. The average molecular weight is 406 g/mol. The minimum atomic E-state index is -4.29. The van der Waals surface area contributed by atoms with E-state index in [1.54, 1.807) is 6.07 Å². The summed E-state index contributed by atoms with van der Waals surface area (Å²) in [4.78, 5) is 23.4. The molecule has 2 aromatic carbocycles. The summed E-state index contributed by atoms with van der Waals surface area (Å²) in [5.41, 5.74) is -0.557. The SMILES string of the molecule is CC(C)C(C)(C)Oc1ccc(C(=O)OC(c2ccccc2)C(F)(F)C(=O)O)cc1. The Morgan fingerprint density at radius 2 is 1.52 bits per heavy atom. The second-order valence-electron chi connectivity index (χ2n) is 7.51. The number of halogens is 2. The van der Waals surface area contributed by atoms with E-state index in [2.05, 4.69) is 0 Å². The molecule has 0 radical (unpaired) electrons. The van der Waals surface area contributed by atoms with Gasteiger partial charge in [0.05, 0.1) is 5.56 Å². The molecular weight excluding hydrogens is 382 g/mol. The number of ether oxygens (including phenoxy) is 2. The van der Waals surface area contributed by atoms with E-state index in [4.69, 9.17) is 14.6 Å². The molecule has 156 valence electrons. The van der Waals surface area contributed by atoms with Crippen molar-refractivity contribution in [3.05, 3.63) is 65.7 Å². The maximum absolute atomic E-state index is 14.2. The molecule has 2 aromatic rings. The molecule has 0 fully saturated rings. The lowest BCUT2D eigenvalue weighted by Crippen LogP contribution is -2.38. The van der Waals surface area contributed by atoms with Crippen molar-refractivity contribution in [3.8, 4) is 5.75 Å². The number of aliphatic carboxylic acids is 1. The number of carbonyl (C=O) groups excluding carboxylic acids is 1. The molecule has 1 atom stereocenters. The summed E-state index contributed by atoms with van der Waals surface area (Å²) in [5, 5.41) is 8.89. The van der Waals surface area contributed by atoms with E-state index in [0.29, 0.717) is 5.75 Å². The molecule has 0 saturated carbocycles. The second-order valence-corrected chi connectivity index (χ2v) is 7.51. The van der Waals surface area contributed by atoms with Crippen molar-refractivity contribution in [2.75, 3.05) is 0 Å². The molecular formula is C22H24F2O5. The lowest BCUT2D eigenvalue weighted by atomic mass is 9.94. The van der Waals surface area contributed by atoms with Crippen molar-refractivity contribution in [1.82, 2.24) is 0 Å². The van der Waals surface area contributed by atoms with Crippen LogP contribution in [-0.2, 0) is 9.53 Å². The standard InChI is InChI=1S/C22H24F2O5/c1-14(2)21(3,4)29-17-12-10-16(11-13-17)19(25)28-18(22(23,24)20(26)27)15-8-6-5-7-9-15/h5-14,18H,1-4H3,(H,26,27). The third-order valence-corrected chi connectivity index (χ3v) is 4.80. The highest BCUT2D eigenvalue weighted by Gasteiger charge is 2.51. The average Bonchev–Trinajstić information content (AvgIpc) is 2.66. The number of alkyl halides is 2. The van der Waals surface area contributed by atoms with E-state index in [1.165, 1.54) is 48.5 Å². The first-order valence-electron chi connectivity index (χ1n) is 9.11. The minimum Gasteiger partial charge on any atom is -0.488 e. The third kappa shape index (κ3) is 5.31. The van der Waals surface area contributed by atoms with E-state index in [9.17, 15) is 18.4 Å². The fourth-order valence-corrected chi connectivity index (χ4v) is 2.35. The Hall–Kier alpha value is -2.96. The molecule has 0 amide bonds. The molecule has 0 aliphatic carbocycles. The molecule has 0 saturated heterocycles. The van der Waals surface area contributed by atoms with Gasteiger partial charge in [-0.3, -0.25) is 0 Å². The minimum absolute atomic E-state index is 0.00169. The van der Waals surface area contributed by atoms with Gasteiger partial charge in [-0.1, -0.05) is 44.2 Å². The van der Waals surface area contributed by atoms with E-state index in [0.717, 1.165) is 0 Å². The summed E-state index contributed by atoms with van der Waals surface area (Å²) in [6, 6.07) is 12.9. The first-order chi connectivity index (χ1) is 13.4. The van der Waals surface area contributed by atoms with Gasteiger partial charge in [0.15, 0.2) is 0 Å². The molecule has 2 rings (SSSR count). The highest BCUT2D eigenvalue weighted by atomic mass is 19.3. The van der Waals surface area contributed by atoms with Crippen LogP contribution in [0.1, 0.15) is 49.7 Å². The number of rotatable bonds is 8. The molecule has 29 heavy (non-hydrogen) atoms. The van der Waals surface area contributed by atoms with Crippen LogP contribution < -0.4 is 4.74 Å². The van der Waals surface area contributed by atoms with Gasteiger partial charge in [-0.05, 0) is 49.6 Å². The number of carboxylic acids is 1. The number of esters is 1. The molecule has 7 heteroatoms. The number of benzene rings is 2. The number of carboxylic acid groups (broad SMARTS) is 1. The van der Waals surface area contributed by atoms with Gasteiger partial charge in [0.2, 0.25) is 6.10 Å². The topological polar surface area (TPSA) is 72.8 Å². The zero-order valence-electron chi connectivity index (χ0n) is 16.7. The first-order valence-corrected chi connectivity index (χ1v) is 9.11. The fourth-order valence-electron chi connectivity index (χ4n) is 2.35. The molecule has 0 aliphatic rings. The summed E-state index contributed by atoms with van der Waals surface area (Å²) in [7, 11) is 0. The van der Waals surface area contributed by atoms with Crippen LogP contribution in [0.15, 0.2) is 54.6 Å². The highest BCUT2D eigenvalue weighted by molar-refractivity contribution is 5.90. The number of hydrogen-bond donors (Lipinski definition) is 1. The van der Waals surface area contributed by atoms with Gasteiger partial charge < -0.3 is 14.6 Å². The van der Waals surface area contributed by atoms with Gasteiger partial charge in [-0.25, -0.2) is 9.59 Å². The third-order valence-electron chi connectivity index (χ3n) is 4.80. The zero-order chi connectivity index (χ0) is 21.8. The van der Waals surface area contributed by atoms with Gasteiger partial charge in [-0.15, -0.1) is 0 Å². The maximum Gasteiger partial charge on any atom is 0.382 e. The molecule has 0 aliphatic heterocycles. The van der Waals surface area contributed by atoms with E-state index in [1.807, 2.05) is 27.7 Å². The van der Waals surface area contributed by atoms with Crippen molar-refractivity contribution in [2.45, 2.75) is 45.3 Å². The quantitative estimate of drug-likeness (QED) is 0.616. The molecule has 1 unspecified atom stereocenters. The molecule has 0 bridgehead atoms. The molecule has 0 spiro atoms. The Labute approximate surface area is 168 Å². The Morgan fingerprint density at radius 1 is 0.966 bits per heavy atom. The van der Waals surface area contributed by atoms with Crippen molar-refractivity contribution >= 4 is 11.9 Å². The van der Waals surface area contributed by atoms with Gasteiger partial charge >= 0.3 is 17.9 Å². The Kier molecular flexibility index (Phi) is 6.62. The molecule has 5 nitrogen and oxygen atoms in total. The van der Waals surface area contributed by atoms with Gasteiger partial charge in [0.25, 0.3) is 0 Å². The first kappa shape index (κ1) is 22.3. The smallest absolute Gasteiger partial charge is 0.382 e. The van der Waals surface area contributed by atoms with Crippen molar-refractivity contribution in [2.24, 2.45) is 5.92 Å². The monoisotopic (exact) mass is 406 g/mol. The number of hydrogen-bond acceptors (Lipinski definition) is 4. The van der Waals surface area contributed by atoms with Crippen molar-refractivity contribution in [1.29, 1.82) is 0 Å². The fraction of sp³-hybridized carbons (Fsp3) is 0.364. The van der Waals surface area contributed by atoms with E-state index < -0.39 is 29.6 Å². The normalized spacial score (nSPS) is 13.1. The zero-order valence-corrected chi connectivity index (χ0v) is 16.7. The van der Waals surface area contributed by atoms with Crippen LogP contribution in [-0.4, -0.2) is 28.6 Å². The predicted molar refractivity (Wildman–Crippen MR) is 103 cm³/mol. The van der Waals surface area contributed by atoms with E-state index >= 15 is 0 Å². The van der Waals surface area contributed by atoms with Crippen LogP contribution in [0.2, 0.25) is 0 Å². The van der Waals surface area contributed by atoms with Crippen molar-refractivity contribution in [3.63, 3.8) is 0 Å². The van der Waals surface area contributed by atoms with Crippen LogP contribution >= 0.6 is 0 Å². The van der Waals surface area contributed by atoms with Crippen LogP contribution in [0.3, 0.4) is 0 Å². The Morgan fingerprint density at radius 3 is 2.00 bits per heavy atom. The molecule has 0 aromatic heterocycles. The van der Waals surface area contributed by atoms with Crippen molar-refractivity contribution < 1.29 is 33.0 Å². The molecule has 1 N–H and O–H groups in total. The van der Waals surface area contributed by atoms with Crippen LogP contribution in [0.25, 0.3) is 0 Å². The summed E-state index contributed by atoms with van der Waals surface area (Å²) < 4.78 is 39.2. The summed E-state index contributed by atoms with van der Waals surface area (Å²) in [5.74, 6) is -6.98. The van der Waals surface area contributed by atoms with E-state index in [-0.39, 0.29) is 17.0 Å². The van der Waals surface area contributed by atoms with Gasteiger partial charge in [0.1, 0.15) is 11.4 Å². The number of carbonyl (C=O) groups is 2.